The highest BCUT2D eigenvalue weighted by molar-refractivity contribution is 7.10. The first-order chi connectivity index (χ1) is 19.0. The zero-order valence-electron chi connectivity index (χ0n) is 24.2. The van der Waals surface area contributed by atoms with Crippen molar-refractivity contribution in [3.8, 4) is 0 Å². The van der Waals surface area contributed by atoms with Crippen LogP contribution in [-0.4, -0.2) is 79.6 Å². The normalized spacial score (nSPS) is 18.4. The van der Waals surface area contributed by atoms with Gasteiger partial charge in [-0.1, -0.05) is 6.07 Å². The number of carbonyl (C=O) groups is 3. The Morgan fingerprint density at radius 2 is 1.78 bits per heavy atom. The second kappa shape index (κ2) is 14.3. The molecular weight excluding hydrogens is 555 g/mol. The average Bonchev–Trinajstić information content (AvgIpc) is 3.50. The number of carboxylic acids is 3. The van der Waals surface area contributed by atoms with Gasteiger partial charge >= 0.3 is 17.9 Å². The maximum Gasteiger partial charge on any atom is 0.336 e. The van der Waals surface area contributed by atoms with Gasteiger partial charge in [-0.05, 0) is 84.2 Å². The van der Waals surface area contributed by atoms with Crippen molar-refractivity contribution in [3.05, 3.63) is 51.7 Å². The molecule has 0 saturated carbocycles. The van der Waals surface area contributed by atoms with E-state index in [2.05, 4.69) is 49.7 Å². The predicted molar refractivity (Wildman–Crippen MR) is 151 cm³/mol. The van der Waals surface area contributed by atoms with E-state index in [1.165, 1.54) is 16.9 Å². The van der Waals surface area contributed by atoms with Crippen LogP contribution < -0.4 is 0 Å². The maximum absolute atomic E-state index is 13.4. The molecule has 0 aliphatic carbocycles. The summed E-state index contributed by atoms with van der Waals surface area (Å²) in [6.45, 7) is 13.6. The Morgan fingerprint density at radius 1 is 1.15 bits per heavy atom. The van der Waals surface area contributed by atoms with Crippen molar-refractivity contribution in [3.63, 3.8) is 0 Å². The summed E-state index contributed by atoms with van der Waals surface area (Å²) in [5.74, 6) is -5.02. The van der Waals surface area contributed by atoms with Gasteiger partial charge in [-0.15, -0.1) is 11.3 Å². The van der Waals surface area contributed by atoms with Crippen molar-refractivity contribution in [1.82, 2.24) is 9.88 Å². The highest BCUT2D eigenvalue weighted by Crippen LogP contribution is 2.44. The van der Waals surface area contributed by atoms with Crippen LogP contribution in [0.5, 0.6) is 0 Å². The Balaban J connectivity index is 0.000000383. The number of nitrogens with zero attached hydrogens (tertiary/aromatic N) is 2. The fourth-order valence-electron chi connectivity index (χ4n) is 5.12. The second-order valence-corrected chi connectivity index (χ2v) is 12.2. The number of aliphatic hydroxyl groups is 1. The van der Waals surface area contributed by atoms with E-state index in [4.69, 9.17) is 25.2 Å². The number of rotatable bonds is 13. The lowest BCUT2D eigenvalue weighted by Crippen LogP contribution is -2.44. The van der Waals surface area contributed by atoms with E-state index in [9.17, 15) is 18.8 Å². The van der Waals surface area contributed by atoms with Gasteiger partial charge in [-0.3, -0.25) is 19.5 Å². The molecule has 0 bridgehead atoms. The first-order valence-electron chi connectivity index (χ1n) is 13.5. The molecule has 0 unspecified atom stereocenters. The molecule has 1 fully saturated rings. The zero-order chi connectivity index (χ0) is 31.0. The van der Waals surface area contributed by atoms with Crippen LogP contribution in [0, 0.1) is 17.5 Å². The van der Waals surface area contributed by atoms with E-state index in [1.807, 2.05) is 19.2 Å². The van der Waals surface area contributed by atoms with E-state index in [1.54, 1.807) is 6.07 Å². The molecule has 12 heteroatoms. The van der Waals surface area contributed by atoms with Crippen LogP contribution in [0.1, 0.15) is 69.5 Å². The molecule has 228 valence electrons. The van der Waals surface area contributed by atoms with E-state index < -0.39 is 36.4 Å². The number of hydrogen-bond donors (Lipinski definition) is 4. The van der Waals surface area contributed by atoms with Gasteiger partial charge in [0.2, 0.25) is 0 Å². The predicted octanol–water partition coefficient (Wildman–Crippen LogP) is 4.33. The molecule has 1 aliphatic heterocycles. The quantitative estimate of drug-likeness (QED) is 0.262. The van der Waals surface area contributed by atoms with Crippen LogP contribution in [0.3, 0.4) is 0 Å². The van der Waals surface area contributed by atoms with Gasteiger partial charge in [0.15, 0.2) is 10.7 Å². The number of aryl methyl sites for hydroxylation is 2. The van der Waals surface area contributed by atoms with Gasteiger partial charge in [0.05, 0.1) is 18.9 Å². The highest BCUT2D eigenvalue weighted by Gasteiger charge is 2.47. The molecule has 0 spiro atoms. The van der Waals surface area contributed by atoms with E-state index in [0.29, 0.717) is 0 Å². The van der Waals surface area contributed by atoms with Gasteiger partial charge in [0, 0.05) is 40.9 Å². The second-order valence-electron chi connectivity index (χ2n) is 11.1. The summed E-state index contributed by atoms with van der Waals surface area (Å²) in [6, 6.07) is 7.79. The van der Waals surface area contributed by atoms with E-state index >= 15 is 0 Å². The highest BCUT2D eigenvalue weighted by atomic mass is 32.1. The largest absolute Gasteiger partial charge is 0.481 e. The molecule has 2 aromatic heterocycles. The van der Waals surface area contributed by atoms with Crippen LogP contribution in [0.4, 0.5) is 4.39 Å². The van der Waals surface area contributed by atoms with Crippen LogP contribution >= 0.6 is 11.3 Å². The summed E-state index contributed by atoms with van der Waals surface area (Å²) in [5.41, 5.74) is -0.436. The topological polar surface area (TPSA) is 157 Å². The van der Waals surface area contributed by atoms with Crippen molar-refractivity contribution in [2.45, 2.75) is 84.0 Å². The Kier molecular flexibility index (Phi) is 12.0. The minimum Gasteiger partial charge on any atom is -0.481 e. The fourth-order valence-corrected chi connectivity index (χ4v) is 5.85. The number of ether oxygens (including phenoxy) is 1. The minimum atomic E-state index is -2.74. The molecule has 0 amide bonds. The molecule has 0 aromatic carbocycles. The SMILES string of the molecule is CCO[C@H](C)[C@]1(CCc2ccc(F)s2)CCN(C(C)(C)c2ccc(C)nc2)C1.O=C(O)CC(O)(CC(=O)O)C(=O)O. The number of aliphatic carboxylic acids is 3. The number of aromatic nitrogens is 1. The number of likely N-dealkylation sites (tertiary alicyclic amines) is 1. The molecule has 10 nitrogen and oxygen atoms in total. The molecule has 2 aromatic rings. The summed E-state index contributed by atoms with van der Waals surface area (Å²) in [7, 11) is 0. The Labute approximate surface area is 243 Å². The summed E-state index contributed by atoms with van der Waals surface area (Å²) in [5, 5.41) is 33.7. The van der Waals surface area contributed by atoms with Gasteiger partial charge in [0.25, 0.3) is 0 Å². The summed E-state index contributed by atoms with van der Waals surface area (Å²) in [6.07, 6.45) is 2.93. The molecular formula is C29H41FN2O8S. The lowest BCUT2D eigenvalue weighted by Gasteiger charge is -2.40. The monoisotopic (exact) mass is 596 g/mol. The molecule has 2 atom stereocenters. The fraction of sp³-hybridized carbons (Fsp3) is 0.586. The first kappa shape index (κ1) is 34.3. The smallest absolute Gasteiger partial charge is 0.336 e. The lowest BCUT2D eigenvalue weighted by molar-refractivity contribution is -0.170. The Morgan fingerprint density at radius 3 is 2.24 bits per heavy atom. The summed E-state index contributed by atoms with van der Waals surface area (Å²) < 4.78 is 19.5. The standard InChI is InChI=1S/C23H33FN2OS.C6H8O7/c1-6-27-18(3)23(12-11-20-9-10-21(24)28-20)13-14-26(16-23)22(4,5)19-8-7-17(2)25-15-19;7-3(8)1-6(13,5(11)12)2-4(9)10/h7-10,15,18H,6,11-14,16H2,1-5H3;13H,1-2H2,(H,7,8)(H,9,10)(H,11,12)/t18-,23-;/m1./s1. The molecule has 1 saturated heterocycles. The van der Waals surface area contributed by atoms with Crippen LogP contribution in [0.2, 0.25) is 0 Å². The van der Waals surface area contributed by atoms with Gasteiger partial charge in [-0.25, -0.2) is 4.79 Å². The van der Waals surface area contributed by atoms with E-state index in [-0.39, 0.29) is 22.2 Å². The van der Waals surface area contributed by atoms with Gasteiger partial charge < -0.3 is 25.2 Å². The lowest BCUT2D eigenvalue weighted by atomic mass is 9.77. The van der Waals surface area contributed by atoms with Crippen molar-refractivity contribution >= 4 is 29.2 Å². The number of carboxylic acid groups (broad SMARTS) is 3. The minimum absolute atomic E-state index is 0.0799. The third kappa shape index (κ3) is 9.29. The number of hydrogen-bond acceptors (Lipinski definition) is 8. The van der Waals surface area contributed by atoms with Crippen LogP contribution in [0.15, 0.2) is 30.5 Å². The van der Waals surface area contributed by atoms with Crippen LogP contribution in [0.25, 0.3) is 0 Å². The number of halogens is 1. The van der Waals surface area contributed by atoms with Crippen molar-refractivity contribution < 1.29 is 43.9 Å². The molecule has 41 heavy (non-hydrogen) atoms. The van der Waals surface area contributed by atoms with Gasteiger partial charge in [-0.2, -0.15) is 4.39 Å². The summed E-state index contributed by atoms with van der Waals surface area (Å²) >= 11 is 1.27. The Bertz CT molecular complexity index is 1170. The van der Waals surface area contributed by atoms with Crippen molar-refractivity contribution in [2.24, 2.45) is 5.41 Å². The van der Waals surface area contributed by atoms with Crippen molar-refractivity contribution in [2.75, 3.05) is 19.7 Å². The molecule has 0 radical (unpaired) electrons. The Hall–Kier alpha value is -2.93. The third-order valence-corrected chi connectivity index (χ3v) is 8.79. The maximum atomic E-state index is 13.4. The van der Waals surface area contributed by atoms with Crippen LogP contribution in [-0.2, 0) is 31.1 Å². The molecule has 4 N–H and O–H groups in total. The molecule has 3 rings (SSSR count). The first-order valence-corrected chi connectivity index (χ1v) is 14.3. The third-order valence-electron chi connectivity index (χ3n) is 7.86. The number of pyridine rings is 1. The number of thiophene rings is 1. The van der Waals surface area contributed by atoms with E-state index in [0.717, 1.165) is 49.5 Å². The average molecular weight is 597 g/mol. The molecule has 1 aliphatic rings. The molecule has 3 heterocycles. The van der Waals surface area contributed by atoms with Gasteiger partial charge in [0.1, 0.15) is 0 Å². The zero-order valence-corrected chi connectivity index (χ0v) is 25.0. The summed E-state index contributed by atoms with van der Waals surface area (Å²) in [4.78, 5) is 38.7. The van der Waals surface area contributed by atoms with Crippen molar-refractivity contribution in [1.29, 1.82) is 0 Å².